The number of benzene rings is 1. The Bertz CT molecular complexity index is 291. The average Bonchev–Trinajstić information content (AvgIpc) is 2.15. The molecule has 1 unspecified atom stereocenters. The van der Waals surface area contributed by atoms with Crippen LogP contribution in [0.5, 0.6) is 0 Å². The van der Waals surface area contributed by atoms with Crippen molar-refractivity contribution in [3.8, 4) is 0 Å². The first-order valence-electron chi connectivity index (χ1n) is 5.40. The van der Waals surface area contributed by atoms with Crippen LogP contribution in [-0.4, -0.2) is 13.6 Å². The molecule has 0 bridgehead atoms. The molecule has 0 spiro atoms. The fourth-order valence-electron chi connectivity index (χ4n) is 2.00. The number of nitrogens with one attached hydrogen (secondary N) is 1. The van der Waals surface area contributed by atoms with Gasteiger partial charge in [0.2, 0.25) is 0 Å². The SMILES string of the molecule is CCC(CNC)c1ccc(C)cc1C. The highest BCUT2D eigenvalue weighted by Crippen LogP contribution is 2.22. The summed E-state index contributed by atoms with van der Waals surface area (Å²) >= 11 is 0. The van der Waals surface area contributed by atoms with Crippen molar-refractivity contribution in [2.75, 3.05) is 13.6 Å². The zero-order valence-electron chi connectivity index (χ0n) is 9.72. The first kappa shape index (κ1) is 11.3. The lowest BCUT2D eigenvalue weighted by Gasteiger charge is -2.17. The van der Waals surface area contributed by atoms with Gasteiger partial charge in [0.05, 0.1) is 0 Å². The van der Waals surface area contributed by atoms with E-state index in [1.165, 1.54) is 23.1 Å². The van der Waals surface area contributed by atoms with Crippen LogP contribution < -0.4 is 5.32 Å². The minimum Gasteiger partial charge on any atom is -0.319 e. The van der Waals surface area contributed by atoms with Crippen molar-refractivity contribution in [3.63, 3.8) is 0 Å². The minimum atomic E-state index is 0.653. The zero-order chi connectivity index (χ0) is 10.6. The Kier molecular flexibility index (Phi) is 4.15. The van der Waals surface area contributed by atoms with Crippen LogP contribution >= 0.6 is 0 Å². The smallest absolute Gasteiger partial charge is 0.00171 e. The van der Waals surface area contributed by atoms with E-state index in [1.807, 2.05) is 7.05 Å². The molecule has 0 aliphatic rings. The number of hydrogen-bond donors (Lipinski definition) is 1. The second-order valence-electron chi connectivity index (χ2n) is 4.02. The highest BCUT2D eigenvalue weighted by molar-refractivity contribution is 5.33. The Balaban J connectivity index is 2.92. The fourth-order valence-corrected chi connectivity index (χ4v) is 2.00. The van der Waals surface area contributed by atoms with Gasteiger partial charge in [-0.1, -0.05) is 30.7 Å². The summed E-state index contributed by atoms with van der Waals surface area (Å²) in [6.07, 6.45) is 1.20. The molecule has 1 aromatic rings. The maximum absolute atomic E-state index is 3.26. The Hall–Kier alpha value is -0.820. The molecule has 1 N–H and O–H groups in total. The van der Waals surface area contributed by atoms with E-state index in [4.69, 9.17) is 0 Å². The van der Waals surface area contributed by atoms with Gasteiger partial charge in [-0.3, -0.25) is 0 Å². The molecule has 1 atom stereocenters. The molecule has 0 saturated heterocycles. The minimum absolute atomic E-state index is 0.653. The third-order valence-electron chi connectivity index (χ3n) is 2.81. The molecule has 1 nitrogen and oxygen atoms in total. The van der Waals surface area contributed by atoms with Crippen LogP contribution in [0.1, 0.15) is 36.0 Å². The topological polar surface area (TPSA) is 12.0 Å². The van der Waals surface area contributed by atoms with E-state index in [9.17, 15) is 0 Å². The van der Waals surface area contributed by atoms with Gasteiger partial charge in [-0.2, -0.15) is 0 Å². The van der Waals surface area contributed by atoms with Gasteiger partial charge in [-0.15, -0.1) is 0 Å². The van der Waals surface area contributed by atoms with Crippen LogP contribution in [-0.2, 0) is 0 Å². The summed E-state index contributed by atoms with van der Waals surface area (Å²) in [7, 11) is 2.02. The van der Waals surface area contributed by atoms with Gasteiger partial charge >= 0.3 is 0 Å². The largest absolute Gasteiger partial charge is 0.319 e. The summed E-state index contributed by atoms with van der Waals surface area (Å²) in [6.45, 7) is 7.68. The first-order valence-corrected chi connectivity index (χ1v) is 5.40. The second-order valence-corrected chi connectivity index (χ2v) is 4.02. The van der Waals surface area contributed by atoms with Crippen LogP contribution in [0.3, 0.4) is 0 Å². The molecule has 0 amide bonds. The van der Waals surface area contributed by atoms with Crippen LogP contribution in [0.25, 0.3) is 0 Å². The number of rotatable bonds is 4. The average molecular weight is 191 g/mol. The van der Waals surface area contributed by atoms with Crippen molar-refractivity contribution in [3.05, 3.63) is 34.9 Å². The van der Waals surface area contributed by atoms with Crippen LogP contribution in [0.15, 0.2) is 18.2 Å². The maximum atomic E-state index is 3.26. The molecule has 78 valence electrons. The van der Waals surface area contributed by atoms with Crippen molar-refractivity contribution in [2.45, 2.75) is 33.1 Å². The van der Waals surface area contributed by atoms with Gasteiger partial charge in [-0.05, 0) is 44.4 Å². The number of aryl methyl sites for hydroxylation is 2. The molecule has 0 aromatic heterocycles. The van der Waals surface area contributed by atoms with Gasteiger partial charge in [0.25, 0.3) is 0 Å². The third-order valence-corrected chi connectivity index (χ3v) is 2.81. The molecule has 0 heterocycles. The predicted octanol–water partition coefficient (Wildman–Crippen LogP) is 3.02. The summed E-state index contributed by atoms with van der Waals surface area (Å²) in [5.74, 6) is 0.653. The van der Waals surface area contributed by atoms with Crippen molar-refractivity contribution in [1.29, 1.82) is 0 Å². The number of likely N-dealkylation sites (N-methyl/N-ethyl adjacent to an activating group) is 1. The zero-order valence-corrected chi connectivity index (χ0v) is 9.72. The molecule has 1 heteroatoms. The second kappa shape index (κ2) is 5.16. The van der Waals surface area contributed by atoms with Gasteiger partial charge in [-0.25, -0.2) is 0 Å². The Morgan fingerprint density at radius 3 is 2.50 bits per heavy atom. The standard InChI is InChI=1S/C13H21N/c1-5-12(9-14-4)13-7-6-10(2)8-11(13)3/h6-8,12,14H,5,9H2,1-4H3. The lowest BCUT2D eigenvalue weighted by atomic mass is 9.91. The third kappa shape index (κ3) is 2.58. The Morgan fingerprint density at radius 2 is 2.00 bits per heavy atom. The van der Waals surface area contributed by atoms with E-state index in [2.05, 4.69) is 44.3 Å². The van der Waals surface area contributed by atoms with E-state index in [0.717, 1.165) is 6.54 Å². The van der Waals surface area contributed by atoms with Crippen molar-refractivity contribution < 1.29 is 0 Å². The van der Waals surface area contributed by atoms with Gasteiger partial charge in [0.1, 0.15) is 0 Å². The summed E-state index contributed by atoms with van der Waals surface area (Å²) in [4.78, 5) is 0. The fraction of sp³-hybridized carbons (Fsp3) is 0.538. The Morgan fingerprint density at radius 1 is 1.29 bits per heavy atom. The predicted molar refractivity (Wildman–Crippen MR) is 62.9 cm³/mol. The molecular formula is C13H21N. The molecule has 1 aromatic carbocycles. The highest BCUT2D eigenvalue weighted by Gasteiger charge is 2.10. The van der Waals surface area contributed by atoms with Gasteiger partial charge in [0.15, 0.2) is 0 Å². The van der Waals surface area contributed by atoms with Gasteiger partial charge in [0, 0.05) is 6.54 Å². The van der Waals surface area contributed by atoms with Crippen molar-refractivity contribution in [1.82, 2.24) is 5.32 Å². The molecule has 0 fully saturated rings. The van der Waals surface area contributed by atoms with Crippen LogP contribution in [0.4, 0.5) is 0 Å². The maximum Gasteiger partial charge on any atom is 0.00171 e. The van der Waals surface area contributed by atoms with Crippen molar-refractivity contribution >= 4 is 0 Å². The molecule has 0 aliphatic heterocycles. The van der Waals surface area contributed by atoms with Crippen LogP contribution in [0.2, 0.25) is 0 Å². The van der Waals surface area contributed by atoms with E-state index in [0.29, 0.717) is 5.92 Å². The van der Waals surface area contributed by atoms with Gasteiger partial charge < -0.3 is 5.32 Å². The molecular weight excluding hydrogens is 170 g/mol. The van der Waals surface area contributed by atoms with E-state index < -0.39 is 0 Å². The van der Waals surface area contributed by atoms with E-state index in [-0.39, 0.29) is 0 Å². The lowest BCUT2D eigenvalue weighted by Crippen LogP contribution is -2.17. The lowest BCUT2D eigenvalue weighted by molar-refractivity contribution is 0.609. The van der Waals surface area contributed by atoms with E-state index >= 15 is 0 Å². The molecule has 1 rings (SSSR count). The number of hydrogen-bond acceptors (Lipinski definition) is 1. The first-order chi connectivity index (χ1) is 6.69. The quantitative estimate of drug-likeness (QED) is 0.771. The highest BCUT2D eigenvalue weighted by atomic mass is 14.8. The molecule has 14 heavy (non-hydrogen) atoms. The van der Waals surface area contributed by atoms with Crippen molar-refractivity contribution in [2.24, 2.45) is 0 Å². The summed E-state index contributed by atoms with van der Waals surface area (Å²) in [5.41, 5.74) is 4.27. The normalized spacial score (nSPS) is 12.9. The summed E-state index contributed by atoms with van der Waals surface area (Å²) in [6, 6.07) is 6.75. The summed E-state index contributed by atoms with van der Waals surface area (Å²) < 4.78 is 0. The monoisotopic (exact) mass is 191 g/mol. The molecule has 0 radical (unpaired) electrons. The molecule has 0 aliphatic carbocycles. The van der Waals surface area contributed by atoms with E-state index in [1.54, 1.807) is 0 Å². The van der Waals surface area contributed by atoms with Crippen LogP contribution in [0, 0.1) is 13.8 Å². The summed E-state index contributed by atoms with van der Waals surface area (Å²) in [5, 5.41) is 3.26. The molecule has 0 saturated carbocycles. The Labute approximate surface area is 87.5 Å².